The number of allylic oxidation sites excluding steroid dienone is 8. The molecule has 1 fully saturated rings. The van der Waals surface area contributed by atoms with Crippen LogP contribution in [0.5, 0.6) is 0 Å². The molecule has 0 amide bonds. The molecule has 2 aromatic rings. The summed E-state index contributed by atoms with van der Waals surface area (Å²) in [6, 6.07) is 10.00. The third kappa shape index (κ3) is 8.33. The molecule has 0 heterocycles. The number of hydrogen-bond acceptors (Lipinski definition) is 0. The van der Waals surface area contributed by atoms with Crippen molar-refractivity contribution in [1.82, 2.24) is 0 Å². The topological polar surface area (TPSA) is 0 Å². The van der Waals surface area contributed by atoms with E-state index in [2.05, 4.69) is 32.1 Å². The Balaban J connectivity index is 1.20. The molecule has 4 heteroatoms. The monoisotopic (exact) mass is 632 g/mol. The lowest BCUT2D eigenvalue weighted by Crippen LogP contribution is -2.27. The Labute approximate surface area is 274 Å². The quantitative estimate of drug-likeness (QED) is 0.117. The molecule has 3 aliphatic rings. The molecule has 0 saturated heterocycles. The van der Waals surface area contributed by atoms with Crippen molar-refractivity contribution in [3.63, 3.8) is 0 Å². The van der Waals surface area contributed by atoms with Crippen LogP contribution in [0.4, 0.5) is 17.6 Å². The molecule has 0 radical (unpaired) electrons. The van der Waals surface area contributed by atoms with Crippen molar-refractivity contribution in [2.75, 3.05) is 0 Å². The van der Waals surface area contributed by atoms with E-state index < -0.39 is 24.0 Å². The first-order valence-electron chi connectivity index (χ1n) is 18.0. The van der Waals surface area contributed by atoms with Crippen LogP contribution in [0.2, 0.25) is 0 Å². The maximum atomic E-state index is 15.6. The third-order valence-corrected chi connectivity index (χ3v) is 10.8. The second kappa shape index (κ2) is 16.8. The molecule has 3 unspecified atom stereocenters. The molecule has 0 N–H and O–H groups in total. The van der Waals surface area contributed by atoms with E-state index in [1.54, 1.807) is 48.6 Å². The zero-order valence-corrected chi connectivity index (χ0v) is 27.9. The minimum Gasteiger partial charge on any atom is -0.239 e. The van der Waals surface area contributed by atoms with Gasteiger partial charge in [0.25, 0.3) is 0 Å². The van der Waals surface area contributed by atoms with Crippen LogP contribution in [0.15, 0.2) is 77.9 Å². The molecule has 1 saturated carbocycles. The van der Waals surface area contributed by atoms with Crippen LogP contribution in [0, 0.1) is 29.4 Å². The predicted octanol–water partition coefficient (Wildman–Crippen LogP) is 13.0. The number of hydrogen-bond donors (Lipinski definition) is 0. The van der Waals surface area contributed by atoms with Crippen molar-refractivity contribution >= 4 is 5.57 Å². The summed E-state index contributed by atoms with van der Waals surface area (Å²) < 4.78 is 61.2. The highest BCUT2D eigenvalue weighted by atomic mass is 19.2. The molecule has 2 aromatic carbocycles. The first-order chi connectivity index (χ1) is 22.4. The van der Waals surface area contributed by atoms with Crippen molar-refractivity contribution in [3.05, 3.63) is 101 Å². The smallest absolute Gasteiger partial charge is 0.166 e. The van der Waals surface area contributed by atoms with Crippen LogP contribution in [0.25, 0.3) is 16.7 Å². The zero-order valence-electron chi connectivity index (χ0n) is 27.9. The summed E-state index contributed by atoms with van der Waals surface area (Å²) >= 11 is 0. The number of benzene rings is 2. The lowest BCUT2D eigenvalue weighted by Gasteiger charge is -2.35. The Bertz CT molecular complexity index is 1400. The van der Waals surface area contributed by atoms with E-state index >= 15 is 13.2 Å². The molecular formula is C42H52F4. The number of rotatable bonds is 13. The molecule has 0 nitrogen and oxygen atoms in total. The van der Waals surface area contributed by atoms with Gasteiger partial charge in [0.1, 0.15) is 0 Å². The highest BCUT2D eigenvalue weighted by Crippen LogP contribution is 2.43. The van der Waals surface area contributed by atoms with Gasteiger partial charge < -0.3 is 0 Å². The molecular weight excluding hydrogens is 580 g/mol. The van der Waals surface area contributed by atoms with Crippen LogP contribution in [0.3, 0.4) is 0 Å². The van der Waals surface area contributed by atoms with E-state index in [-0.39, 0.29) is 11.1 Å². The highest BCUT2D eigenvalue weighted by molar-refractivity contribution is 5.76. The summed E-state index contributed by atoms with van der Waals surface area (Å²) in [6.07, 6.45) is 22.9. The van der Waals surface area contributed by atoms with E-state index in [1.165, 1.54) is 51.4 Å². The van der Waals surface area contributed by atoms with Crippen molar-refractivity contribution in [1.29, 1.82) is 0 Å². The fourth-order valence-electron chi connectivity index (χ4n) is 7.96. The fraction of sp³-hybridized carbons (Fsp3) is 0.524. The summed E-state index contributed by atoms with van der Waals surface area (Å²) in [6.45, 7) is 4.29. The second-order valence-corrected chi connectivity index (χ2v) is 13.9. The summed E-state index contributed by atoms with van der Waals surface area (Å²) in [4.78, 5) is 0. The molecule has 3 atom stereocenters. The Hall–Kier alpha value is -2.88. The molecule has 0 aromatic heterocycles. The van der Waals surface area contributed by atoms with Crippen molar-refractivity contribution < 1.29 is 17.6 Å². The molecule has 3 aliphatic carbocycles. The fourth-order valence-corrected chi connectivity index (χ4v) is 7.96. The standard InChI is InChI=1S/C42H52F4/c1-3-5-6-7-8-9-10-12-35-25-26-36(40(44)39(35)43)33-21-23-34(24-22-33)38-28-27-37(41(45)42(38)46)32-19-17-31(18-20-32)30-15-13-29(11-4-2)14-16-30/h4,11,19,21-31,41-42H,3,5-10,12-18,20H2,1-2H3/b11-4+. The molecule has 5 rings (SSSR count). The molecule has 0 spiro atoms. The average Bonchev–Trinajstić information content (AvgIpc) is 3.08. The van der Waals surface area contributed by atoms with Gasteiger partial charge >= 0.3 is 0 Å². The van der Waals surface area contributed by atoms with Crippen molar-refractivity contribution in [2.45, 2.75) is 123 Å². The molecule has 46 heavy (non-hydrogen) atoms. The van der Waals surface area contributed by atoms with E-state index in [4.69, 9.17) is 0 Å². The lowest BCUT2D eigenvalue weighted by molar-refractivity contribution is 0.207. The number of aryl methyl sites for hydroxylation is 1. The molecule has 248 valence electrons. The number of alkyl halides is 2. The SMILES string of the molecule is C/C=C/C1CCC(C2CC=C(C3=CC=C(c4ccc(-c5ccc(CCCCCCCCC)c(F)c5F)cc4)C(F)C3F)CC2)CC1. The first kappa shape index (κ1) is 34.5. The van der Waals surface area contributed by atoms with Gasteiger partial charge in [0.05, 0.1) is 0 Å². The summed E-state index contributed by atoms with van der Waals surface area (Å²) in [7, 11) is 0. The van der Waals surface area contributed by atoms with Gasteiger partial charge in [-0.15, -0.1) is 0 Å². The van der Waals surface area contributed by atoms with Gasteiger partial charge in [-0.3, -0.25) is 0 Å². The minimum atomic E-state index is -1.77. The minimum absolute atomic E-state index is 0.181. The lowest BCUT2D eigenvalue weighted by atomic mass is 9.70. The van der Waals surface area contributed by atoms with Crippen LogP contribution in [0.1, 0.15) is 115 Å². The average molecular weight is 633 g/mol. The zero-order chi connectivity index (χ0) is 32.5. The molecule has 0 bridgehead atoms. The van der Waals surface area contributed by atoms with Gasteiger partial charge in [-0.05, 0) is 116 Å². The van der Waals surface area contributed by atoms with Gasteiger partial charge in [-0.25, -0.2) is 17.6 Å². The normalized spacial score (nSPS) is 25.3. The summed E-state index contributed by atoms with van der Waals surface area (Å²) in [5.41, 5.74) is 3.36. The maximum Gasteiger partial charge on any atom is 0.166 e. The van der Waals surface area contributed by atoms with Crippen LogP contribution in [-0.4, -0.2) is 12.3 Å². The van der Waals surface area contributed by atoms with E-state index in [0.29, 0.717) is 34.6 Å². The summed E-state index contributed by atoms with van der Waals surface area (Å²) in [5.74, 6) is 0.456. The van der Waals surface area contributed by atoms with Gasteiger partial charge in [0, 0.05) is 5.56 Å². The Kier molecular flexibility index (Phi) is 12.6. The van der Waals surface area contributed by atoms with Gasteiger partial charge in [-0.1, -0.05) is 112 Å². The van der Waals surface area contributed by atoms with Crippen LogP contribution < -0.4 is 0 Å². The molecule has 0 aliphatic heterocycles. The number of halogens is 4. The van der Waals surface area contributed by atoms with E-state index in [0.717, 1.165) is 55.9 Å². The van der Waals surface area contributed by atoms with Gasteiger partial charge in [0.15, 0.2) is 24.0 Å². The summed E-state index contributed by atoms with van der Waals surface area (Å²) in [5, 5.41) is 0. The first-order valence-corrected chi connectivity index (χ1v) is 18.0. The van der Waals surface area contributed by atoms with Gasteiger partial charge in [0.2, 0.25) is 0 Å². The van der Waals surface area contributed by atoms with Crippen molar-refractivity contribution in [2.24, 2.45) is 17.8 Å². The second-order valence-electron chi connectivity index (χ2n) is 13.9. The highest BCUT2D eigenvalue weighted by Gasteiger charge is 2.35. The van der Waals surface area contributed by atoms with Gasteiger partial charge in [-0.2, -0.15) is 0 Å². The number of unbranched alkanes of at least 4 members (excludes halogenated alkanes) is 6. The Morgan fingerprint density at radius 1 is 0.696 bits per heavy atom. The van der Waals surface area contributed by atoms with Crippen molar-refractivity contribution in [3.8, 4) is 11.1 Å². The Morgan fingerprint density at radius 3 is 2.02 bits per heavy atom. The predicted molar refractivity (Wildman–Crippen MR) is 185 cm³/mol. The van der Waals surface area contributed by atoms with Crippen LogP contribution >= 0.6 is 0 Å². The van der Waals surface area contributed by atoms with Crippen LogP contribution in [-0.2, 0) is 6.42 Å². The largest absolute Gasteiger partial charge is 0.239 e. The van der Waals surface area contributed by atoms with E-state index in [9.17, 15) is 4.39 Å². The maximum absolute atomic E-state index is 15.6. The van der Waals surface area contributed by atoms with E-state index in [1.807, 2.05) is 0 Å². The Morgan fingerprint density at radius 2 is 1.35 bits per heavy atom. The third-order valence-electron chi connectivity index (χ3n) is 10.8.